The monoisotopic (exact) mass is 255 g/mol. The van der Waals surface area contributed by atoms with Gasteiger partial charge in [-0.05, 0) is 6.42 Å². The third-order valence-electron chi connectivity index (χ3n) is 2.37. The molecule has 0 aromatic rings. The molecule has 2 heterocycles. The summed E-state index contributed by atoms with van der Waals surface area (Å²) in [5.41, 5.74) is 0.964. The lowest BCUT2D eigenvalue weighted by molar-refractivity contribution is -0.142. The maximum Gasteiger partial charge on any atom is 0.325 e. The van der Waals surface area contributed by atoms with Gasteiger partial charge in [0.05, 0.1) is 0 Å². The predicted octanol–water partition coefficient (Wildman–Crippen LogP) is 1.87. The Bertz CT molecular complexity index is 299. The summed E-state index contributed by atoms with van der Waals surface area (Å²) in [6, 6.07) is -0.317. The number of alkyl halides is 3. The van der Waals surface area contributed by atoms with Crippen molar-refractivity contribution in [1.82, 2.24) is 4.90 Å². The fraction of sp³-hybridized carbons (Fsp3) is 0.625. The molecule has 2 aliphatic heterocycles. The van der Waals surface area contributed by atoms with E-state index < -0.39 is 10.0 Å². The second kappa shape index (κ2) is 3.27. The molecule has 0 aliphatic carbocycles. The van der Waals surface area contributed by atoms with E-state index in [-0.39, 0.29) is 12.0 Å². The molecule has 2 rings (SSSR count). The largest absolute Gasteiger partial charge is 0.440 e. The van der Waals surface area contributed by atoms with Gasteiger partial charge in [-0.3, -0.25) is 4.79 Å². The lowest BCUT2D eigenvalue weighted by Gasteiger charge is -2.25. The van der Waals surface area contributed by atoms with Gasteiger partial charge in [0.1, 0.15) is 6.04 Å². The Kier molecular flexibility index (Phi) is 2.47. The fourth-order valence-corrected chi connectivity index (χ4v) is 2.31. The van der Waals surface area contributed by atoms with Crippen LogP contribution >= 0.6 is 34.8 Å². The number of cyclic esters (lactones) is 1. The molecule has 0 radical (unpaired) electrons. The molecule has 2 atom stereocenters. The molecule has 2 aliphatic rings. The summed E-state index contributed by atoms with van der Waals surface area (Å²) in [5.74, 6) is -0.333. The highest BCUT2D eigenvalue weighted by atomic mass is 35.6. The van der Waals surface area contributed by atoms with Crippen LogP contribution < -0.4 is 0 Å². The van der Waals surface area contributed by atoms with E-state index in [0.29, 0.717) is 13.0 Å². The molecule has 0 N–H and O–H groups in total. The number of hydrogen-bond donors (Lipinski definition) is 0. The van der Waals surface area contributed by atoms with Gasteiger partial charge in [0.15, 0.2) is 0 Å². The normalized spacial score (nSPS) is 33.4. The van der Waals surface area contributed by atoms with E-state index in [9.17, 15) is 4.79 Å². The Morgan fingerprint density at radius 1 is 1.50 bits per heavy atom. The zero-order valence-electron chi connectivity index (χ0n) is 7.17. The number of fused-ring (bicyclic) bond motifs is 1. The van der Waals surface area contributed by atoms with Crippen LogP contribution in [0.2, 0.25) is 0 Å². The van der Waals surface area contributed by atoms with Crippen LogP contribution in [0.1, 0.15) is 6.42 Å². The first kappa shape index (κ1) is 10.6. The topological polar surface area (TPSA) is 29.5 Å². The van der Waals surface area contributed by atoms with Crippen molar-refractivity contribution in [3.63, 3.8) is 0 Å². The second-order valence-corrected chi connectivity index (χ2v) is 5.84. The van der Waals surface area contributed by atoms with Crippen molar-refractivity contribution in [2.24, 2.45) is 0 Å². The molecular formula is C8H8Cl3NO2. The molecule has 3 nitrogen and oxygen atoms in total. The van der Waals surface area contributed by atoms with Gasteiger partial charge in [0.2, 0.25) is 10.0 Å². The predicted molar refractivity (Wildman–Crippen MR) is 54.4 cm³/mol. The third kappa shape index (κ3) is 1.63. The Labute approximate surface area is 96.5 Å². The lowest BCUT2D eigenvalue weighted by atomic mass is 10.2. The van der Waals surface area contributed by atoms with E-state index in [4.69, 9.17) is 39.5 Å². The van der Waals surface area contributed by atoms with E-state index in [0.717, 1.165) is 5.57 Å². The number of carbonyl (C=O) groups is 1. The van der Waals surface area contributed by atoms with Gasteiger partial charge >= 0.3 is 5.97 Å². The summed E-state index contributed by atoms with van der Waals surface area (Å²) in [4.78, 5) is 13.1. The van der Waals surface area contributed by atoms with Gasteiger partial charge < -0.3 is 4.74 Å². The Morgan fingerprint density at radius 2 is 2.14 bits per heavy atom. The van der Waals surface area contributed by atoms with Gasteiger partial charge in [-0.25, -0.2) is 4.90 Å². The molecule has 78 valence electrons. The number of ether oxygens (including phenoxy) is 1. The molecule has 0 bridgehead atoms. The van der Waals surface area contributed by atoms with Crippen LogP contribution in [0.3, 0.4) is 0 Å². The number of carbonyl (C=O) groups excluding carboxylic acids is 1. The zero-order chi connectivity index (χ0) is 10.5. The van der Waals surface area contributed by atoms with Crippen molar-refractivity contribution in [3.05, 3.63) is 12.2 Å². The van der Waals surface area contributed by atoms with Crippen molar-refractivity contribution in [3.8, 4) is 0 Å². The van der Waals surface area contributed by atoms with Gasteiger partial charge in [0, 0.05) is 6.54 Å². The summed E-state index contributed by atoms with van der Waals surface area (Å²) in [7, 11) is 0. The quantitative estimate of drug-likeness (QED) is 0.376. The Morgan fingerprint density at radius 3 is 2.71 bits per heavy atom. The number of rotatable bonds is 0. The summed E-state index contributed by atoms with van der Waals surface area (Å²) in [6.45, 7) is 4.36. The standard InChI is InChI=1S/C8H8Cl3NO2/c1-4-2-5-6(13)14-7(8(9,10)11)12(5)3-4/h5,7H,1-3H2. The highest BCUT2D eigenvalue weighted by Crippen LogP contribution is 2.42. The van der Waals surface area contributed by atoms with Crippen molar-refractivity contribution >= 4 is 40.8 Å². The first-order valence-electron chi connectivity index (χ1n) is 4.09. The summed E-state index contributed by atoms with van der Waals surface area (Å²) >= 11 is 17.1. The third-order valence-corrected chi connectivity index (χ3v) is 2.93. The van der Waals surface area contributed by atoms with E-state index in [1.165, 1.54) is 0 Å². The number of hydrogen-bond acceptors (Lipinski definition) is 3. The van der Waals surface area contributed by atoms with Gasteiger partial charge in [0.25, 0.3) is 0 Å². The van der Waals surface area contributed by atoms with E-state index in [1.54, 1.807) is 4.90 Å². The first-order chi connectivity index (χ1) is 6.39. The van der Waals surface area contributed by atoms with Gasteiger partial charge in [-0.1, -0.05) is 47.0 Å². The van der Waals surface area contributed by atoms with Crippen molar-refractivity contribution in [1.29, 1.82) is 0 Å². The minimum absolute atomic E-state index is 0.317. The van der Waals surface area contributed by atoms with E-state index >= 15 is 0 Å². The van der Waals surface area contributed by atoms with Gasteiger partial charge in [-0.15, -0.1) is 0 Å². The molecule has 0 amide bonds. The lowest BCUT2D eigenvalue weighted by Crippen LogP contribution is -2.41. The maximum absolute atomic E-state index is 11.4. The van der Waals surface area contributed by atoms with Gasteiger partial charge in [-0.2, -0.15) is 0 Å². The van der Waals surface area contributed by atoms with Crippen LogP contribution in [0.15, 0.2) is 12.2 Å². The average Bonchev–Trinajstić information content (AvgIpc) is 2.49. The van der Waals surface area contributed by atoms with Crippen molar-refractivity contribution in [2.45, 2.75) is 22.5 Å². The molecule has 2 unspecified atom stereocenters. The molecular weight excluding hydrogens is 248 g/mol. The number of esters is 1. The number of nitrogens with zero attached hydrogens (tertiary/aromatic N) is 1. The highest BCUT2D eigenvalue weighted by Gasteiger charge is 2.53. The highest BCUT2D eigenvalue weighted by molar-refractivity contribution is 6.68. The molecule has 0 aromatic heterocycles. The smallest absolute Gasteiger partial charge is 0.325 e. The average molecular weight is 257 g/mol. The first-order valence-corrected chi connectivity index (χ1v) is 5.22. The summed E-state index contributed by atoms with van der Waals surface area (Å²) < 4.78 is 3.39. The number of halogens is 3. The van der Waals surface area contributed by atoms with Crippen LogP contribution in [0, 0.1) is 0 Å². The minimum Gasteiger partial charge on any atom is -0.440 e. The second-order valence-electron chi connectivity index (χ2n) is 3.47. The fourth-order valence-electron chi connectivity index (χ4n) is 1.80. The SMILES string of the molecule is C=C1CC2C(=O)OC(C(Cl)(Cl)Cl)N2C1. The minimum atomic E-state index is -1.60. The van der Waals surface area contributed by atoms with E-state index in [1.807, 2.05) is 0 Å². The summed E-state index contributed by atoms with van der Waals surface area (Å²) in [5, 5.41) is 0. The molecule has 0 aromatic carbocycles. The van der Waals surface area contributed by atoms with Crippen molar-refractivity contribution < 1.29 is 9.53 Å². The molecule has 0 saturated carbocycles. The van der Waals surface area contributed by atoms with Crippen LogP contribution in [-0.2, 0) is 9.53 Å². The molecule has 2 saturated heterocycles. The zero-order valence-corrected chi connectivity index (χ0v) is 9.44. The van der Waals surface area contributed by atoms with Crippen LogP contribution in [0.25, 0.3) is 0 Å². The van der Waals surface area contributed by atoms with Crippen molar-refractivity contribution in [2.75, 3.05) is 6.54 Å². The Balaban J connectivity index is 2.24. The Hall–Kier alpha value is 0.0400. The molecule has 0 spiro atoms. The molecule has 2 fully saturated rings. The van der Waals surface area contributed by atoms with Crippen LogP contribution in [-0.4, -0.2) is 33.5 Å². The molecule has 6 heteroatoms. The molecule has 14 heavy (non-hydrogen) atoms. The van der Waals surface area contributed by atoms with E-state index in [2.05, 4.69) is 6.58 Å². The van der Waals surface area contributed by atoms with Crippen LogP contribution in [0.4, 0.5) is 0 Å². The maximum atomic E-state index is 11.4. The summed E-state index contributed by atoms with van der Waals surface area (Å²) in [6.07, 6.45) is -0.194. The van der Waals surface area contributed by atoms with Crippen LogP contribution in [0.5, 0.6) is 0 Å².